The number of aliphatic hydroxyl groups is 1. The van der Waals surface area contributed by atoms with Crippen LogP contribution in [0.5, 0.6) is 0 Å². The van der Waals surface area contributed by atoms with Crippen LogP contribution < -0.4 is 10.6 Å². The molecule has 1 unspecified atom stereocenters. The molecule has 0 fully saturated rings. The highest BCUT2D eigenvalue weighted by Crippen LogP contribution is 2.25. The molecule has 1 rings (SSSR count). The quantitative estimate of drug-likeness (QED) is 0.805. The molecule has 3 N–H and O–H groups in total. The highest BCUT2D eigenvalue weighted by molar-refractivity contribution is 6.35. The molecule has 0 aliphatic heterocycles. The van der Waals surface area contributed by atoms with Crippen molar-refractivity contribution in [3.8, 4) is 0 Å². The molecule has 0 spiro atoms. The molecule has 0 aliphatic carbocycles. The summed E-state index contributed by atoms with van der Waals surface area (Å²) < 4.78 is 0. The second-order valence-electron chi connectivity index (χ2n) is 3.46. The zero-order valence-corrected chi connectivity index (χ0v) is 9.57. The largest absolute Gasteiger partial charge is 0.393 e. The Morgan fingerprint density at radius 2 is 2.27 bits per heavy atom. The maximum absolute atomic E-state index is 9.15. The fourth-order valence-electron chi connectivity index (χ4n) is 1.13. The first-order valence-electron chi connectivity index (χ1n) is 4.67. The van der Waals surface area contributed by atoms with Crippen LogP contribution in [0.4, 0.5) is 11.6 Å². The molecule has 1 heterocycles. The van der Waals surface area contributed by atoms with Gasteiger partial charge in [0.05, 0.1) is 6.10 Å². The number of nitrogen functional groups attached to an aromatic ring is 1. The van der Waals surface area contributed by atoms with Crippen molar-refractivity contribution < 1.29 is 5.11 Å². The van der Waals surface area contributed by atoms with E-state index in [0.29, 0.717) is 23.8 Å². The number of hydrogen-bond donors (Lipinski definition) is 2. The van der Waals surface area contributed by atoms with Crippen LogP contribution >= 0.6 is 11.6 Å². The highest BCUT2D eigenvalue weighted by atomic mass is 35.5. The lowest BCUT2D eigenvalue weighted by atomic mass is 10.3. The van der Waals surface area contributed by atoms with Crippen molar-refractivity contribution in [1.29, 1.82) is 0 Å². The monoisotopic (exact) mass is 230 g/mol. The Bertz CT molecular complexity index is 332. The summed E-state index contributed by atoms with van der Waals surface area (Å²) in [5, 5.41) is 9.51. The number of aliphatic hydroxyl groups excluding tert-OH is 1. The Morgan fingerprint density at radius 3 is 2.87 bits per heavy atom. The molecular formula is C9H15ClN4O. The van der Waals surface area contributed by atoms with E-state index in [2.05, 4.69) is 9.97 Å². The number of anilines is 2. The van der Waals surface area contributed by atoms with Crippen LogP contribution in [0.15, 0.2) is 6.33 Å². The van der Waals surface area contributed by atoms with E-state index in [1.54, 1.807) is 6.92 Å². The summed E-state index contributed by atoms with van der Waals surface area (Å²) in [6.45, 7) is 2.40. The molecule has 15 heavy (non-hydrogen) atoms. The predicted octanol–water partition coefficient (Wildman–Crippen LogP) is 0.919. The first-order chi connectivity index (χ1) is 7.02. The van der Waals surface area contributed by atoms with Gasteiger partial charge < -0.3 is 15.7 Å². The highest BCUT2D eigenvalue weighted by Gasteiger charge is 2.11. The van der Waals surface area contributed by atoms with E-state index in [9.17, 15) is 0 Å². The topological polar surface area (TPSA) is 75.3 Å². The molecule has 84 valence electrons. The van der Waals surface area contributed by atoms with Gasteiger partial charge in [0, 0.05) is 13.6 Å². The van der Waals surface area contributed by atoms with Gasteiger partial charge in [0.15, 0.2) is 5.82 Å². The predicted molar refractivity (Wildman–Crippen MR) is 61.0 cm³/mol. The van der Waals surface area contributed by atoms with Crippen LogP contribution in [0.3, 0.4) is 0 Å². The fourth-order valence-corrected chi connectivity index (χ4v) is 1.37. The van der Waals surface area contributed by atoms with Crippen molar-refractivity contribution in [2.45, 2.75) is 19.4 Å². The first-order valence-corrected chi connectivity index (χ1v) is 5.05. The van der Waals surface area contributed by atoms with Gasteiger partial charge >= 0.3 is 0 Å². The van der Waals surface area contributed by atoms with Crippen LogP contribution in [-0.4, -0.2) is 34.8 Å². The zero-order chi connectivity index (χ0) is 11.4. The third kappa shape index (κ3) is 3.21. The van der Waals surface area contributed by atoms with E-state index < -0.39 is 0 Å². The molecule has 1 aromatic heterocycles. The number of nitrogens with two attached hydrogens (primary N) is 1. The van der Waals surface area contributed by atoms with Crippen LogP contribution in [0.1, 0.15) is 13.3 Å². The van der Waals surface area contributed by atoms with E-state index in [-0.39, 0.29) is 11.9 Å². The van der Waals surface area contributed by atoms with Gasteiger partial charge in [0.1, 0.15) is 17.2 Å². The van der Waals surface area contributed by atoms with Gasteiger partial charge in [0.2, 0.25) is 0 Å². The lowest BCUT2D eigenvalue weighted by molar-refractivity contribution is 0.187. The average Bonchev–Trinajstić information content (AvgIpc) is 2.18. The molecule has 0 saturated heterocycles. The van der Waals surface area contributed by atoms with E-state index in [1.807, 2.05) is 11.9 Å². The molecule has 0 aliphatic rings. The van der Waals surface area contributed by atoms with E-state index in [4.69, 9.17) is 22.4 Å². The number of nitrogens with zero attached hydrogens (tertiary/aromatic N) is 3. The number of halogens is 1. The minimum atomic E-state index is -0.342. The molecule has 1 atom stereocenters. The second-order valence-corrected chi connectivity index (χ2v) is 3.83. The van der Waals surface area contributed by atoms with E-state index in [1.165, 1.54) is 6.33 Å². The fraction of sp³-hybridized carbons (Fsp3) is 0.556. The van der Waals surface area contributed by atoms with E-state index in [0.717, 1.165) is 0 Å². The molecule has 6 heteroatoms. The van der Waals surface area contributed by atoms with Gasteiger partial charge in [-0.2, -0.15) is 0 Å². The molecule has 0 radical (unpaired) electrons. The Labute approximate surface area is 93.9 Å². The van der Waals surface area contributed by atoms with Gasteiger partial charge in [-0.15, -0.1) is 0 Å². The van der Waals surface area contributed by atoms with Crippen molar-refractivity contribution in [3.63, 3.8) is 0 Å². The van der Waals surface area contributed by atoms with E-state index >= 15 is 0 Å². The van der Waals surface area contributed by atoms with Crippen molar-refractivity contribution in [1.82, 2.24) is 9.97 Å². The number of rotatable bonds is 4. The summed E-state index contributed by atoms with van der Waals surface area (Å²) >= 11 is 5.95. The lowest BCUT2D eigenvalue weighted by Crippen LogP contribution is -2.23. The van der Waals surface area contributed by atoms with Crippen molar-refractivity contribution in [2.75, 3.05) is 24.2 Å². The van der Waals surface area contributed by atoms with Crippen LogP contribution in [-0.2, 0) is 0 Å². The summed E-state index contributed by atoms with van der Waals surface area (Å²) in [5.41, 5.74) is 5.56. The van der Waals surface area contributed by atoms with Gasteiger partial charge in [-0.25, -0.2) is 9.97 Å². The SMILES string of the molecule is CC(O)CCN(C)c1ncnc(N)c1Cl. The maximum atomic E-state index is 9.15. The normalized spacial score (nSPS) is 12.5. The molecule has 0 saturated carbocycles. The third-order valence-corrected chi connectivity index (χ3v) is 2.40. The zero-order valence-electron chi connectivity index (χ0n) is 8.81. The number of aromatic nitrogens is 2. The van der Waals surface area contributed by atoms with Crippen LogP contribution in [0, 0.1) is 0 Å². The Hall–Kier alpha value is -1.07. The Balaban J connectivity index is 2.73. The Kier molecular flexibility index (Phi) is 4.11. The van der Waals surface area contributed by atoms with Gasteiger partial charge in [-0.1, -0.05) is 11.6 Å². The Morgan fingerprint density at radius 1 is 1.60 bits per heavy atom. The number of hydrogen-bond acceptors (Lipinski definition) is 5. The first kappa shape index (κ1) is 12.0. The lowest BCUT2D eigenvalue weighted by Gasteiger charge is -2.20. The summed E-state index contributed by atoms with van der Waals surface area (Å²) in [4.78, 5) is 9.65. The van der Waals surface area contributed by atoms with Crippen molar-refractivity contribution in [3.05, 3.63) is 11.3 Å². The molecule has 1 aromatic rings. The minimum absolute atomic E-state index is 0.269. The molecule has 0 bridgehead atoms. The summed E-state index contributed by atoms with van der Waals surface area (Å²) in [5.74, 6) is 0.857. The molecule has 0 aromatic carbocycles. The molecule has 0 amide bonds. The molecule has 5 nitrogen and oxygen atoms in total. The van der Waals surface area contributed by atoms with Crippen molar-refractivity contribution >= 4 is 23.2 Å². The average molecular weight is 231 g/mol. The van der Waals surface area contributed by atoms with Crippen LogP contribution in [0.2, 0.25) is 5.02 Å². The summed E-state index contributed by atoms with van der Waals surface area (Å²) in [6, 6.07) is 0. The third-order valence-electron chi connectivity index (χ3n) is 2.04. The standard InChI is InChI=1S/C9H15ClN4O/c1-6(15)3-4-14(2)9-7(10)8(11)12-5-13-9/h5-6,15H,3-4H2,1-2H3,(H2,11,12,13). The molecular weight excluding hydrogens is 216 g/mol. The van der Waals surface area contributed by atoms with Gasteiger partial charge in [-0.05, 0) is 13.3 Å². The maximum Gasteiger partial charge on any atom is 0.152 e. The second kappa shape index (κ2) is 5.14. The van der Waals surface area contributed by atoms with Gasteiger partial charge in [0.25, 0.3) is 0 Å². The van der Waals surface area contributed by atoms with Gasteiger partial charge in [-0.3, -0.25) is 0 Å². The smallest absolute Gasteiger partial charge is 0.152 e. The van der Waals surface area contributed by atoms with Crippen molar-refractivity contribution in [2.24, 2.45) is 0 Å². The summed E-state index contributed by atoms with van der Waals surface area (Å²) in [7, 11) is 1.84. The minimum Gasteiger partial charge on any atom is -0.393 e. The van der Waals surface area contributed by atoms with Crippen LogP contribution in [0.25, 0.3) is 0 Å². The summed E-state index contributed by atoms with van der Waals surface area (Å²) in [6.07, 6.45) is 1.68.